The van der Waals surface area contributed by atoms with E-state index in [1.165, 1.54) is 4.90 Å². The van der Waals surface area contributed by atoms with Crippen LogP contribution in [0.2, 0.25) is 0 Å². The average Bonchev–Trinajstić information content (AvgIpc) is 2.34. The van der Waals surface area contributed by atoms with Gasteiger partial charge in [-0.25, -0.2) is 9.97 Å². The molecule has 0 unspecified atom stereocenters. The van der Waals surface area contributed by atoms with E-state index in [1.807, 2.05) is 32.0 Å². The predicted molar refractivity (Wildman–Crippen MR) is 71.9 cm³/mol. The molecule has 88 valence electrons. The number of anilines is 1. The molecule has 2 N–H and O–H groups in total. The van der Waals surface area contributed by atoms with Crippen molar-refractivity contribution in [2.24, 2.45) is 0 Å². The van der Waals surface area contributed by atoms with Gasteiger partial charge in [-0.05, 0) is 26.0 Å². The van der Waals surface area contributed by atoms with Gasteiger partial charge in [-0.2, -0.15) is 0 Å². The molecule has 0 aliphatic rings. The monoisotopic (exact) mass is 245 g/mol. The molecule has 2 aromatic rings. The van der Waals surface area contributed by atoms with Crippen LogP contribution in [-0.2, 0) is 5.75 Å². The zero-order valence-corrected chi connectivity index (χ0v) is 10.8. The highest BCUT2D eigenvalue weighted by Gasteiger charge is 2.05. The highest BCUT2D eigenvalue weighted by molar-refractivity contribution is 7.98. The van der Waals surface area contributed by atoms with Crippen LogP contribution in [0, 0.1) is 13.8 Å². The van der Waals surface area contributed by atoms with E-state index >= 15 is 0 Å². The molecule has 3 nitrogen and oxygen atoms in total. The van der Waals surface area contributed by atoms with E-state index in [9.17, 15) is 0 Å². The molecule has 0 aliphatic heterocycles. The largest absolute Gasteiger partial charge is 0.383 e. The molecule has 0 aliphatic carbocycles. The summed E-state index contributed by atoms with van der Waals surface area (Å²) in [5.74, 6) is 2.12. The fourth-order valence-corrected chi connectivity index (χ4v) is 2.21. The van der Waals surface area contributed by atoms with Crippen LogP contribution >= 0.6 is 11.8 Å². The summed E-state index contributed by atoms with van der Waals surface area (Å²) in [6, 6.07) is 10.2. The smallest absolute Gasteiger partial charge is 0.141 e. The van der Waals surface area contributed by atoms with Crippen molar-refractivity contribution in [3.63, 3.8) is 0 Å². The SMILES string of the molecule is Cc1nc(CSc2ccccc2)nc(N)c1C. The van der Waals surface area contributed by atoms with Gasteiger partial charge < -0.3 is 5.73 Å². The first kappa shape index (κ1) is 11.9. The fraction of sp³-hybridized carbons (Fsp3) is 0.231. The lowest BCUT2D eigenvalue weighted by molar-refractivity contribution is 0.981. The number of hydrogen-bond acceptors (Lipinski definition) is 4. The summed E-state index contributed by atoms with van der Waals surface area (Å²) in [5.41, 5.74) is 7.76. The average molecular weight is 245 g/mol. The van der Waals surface area contributed by atoms with Gasteiger partial charge in [0.2, 0.25) is 0 Å². The predicted octanol–water partition coefficient (Wildman–Crippen LogP) is 2.97. The van der Waals surface area contributed by atoms with Crippen LogP contribution in [0.5, 0.6) is 0 Å². The second kappa shape index (κ2) is 5.19. The van der Waals surface area contributed by atoms with Crippen molar-refractivity contribution in [1.82, 2.24) is 9.97 Å². The van der Waals surface area contributed by atoms with E-state index in [0.717, 1.165) is 22.8 Å². The molecule has 0 bridgehead atoms. The molecular weight excluding hydrogens is 230 g/mol. The summed E-state index contributed by atoms with van der Waals surface area (Å²) in [5, 5.41) is 0. The lowest BCUT2D eigenvalue weighted by Crippen LogP contribution is -2.03. The van der Waals surface area contributed by atoms with Crippen molar-refractivity contribution in [3.8, 4) is 0 Å². The number of aromatic nitrogens is 2. The maximum absolute atomic E-state index is 5.83. The van der Waals surface area contributed by atoms with Crippen molar-refractivity contribution >= 4 is 17.6 Å². The first-order valence-electron chi connectivity index (χ1n) is 5.44. The normalized spacial score (nSPS) is 10.5. The number of rotatable bonds is 3. The quantitative estimate of drug-likeness (QED) is 0.845. The molecule has 1 aromatic carbocycles. The third kappa shape index (κ3) is 2.97. The van der Waals surface area contributed by atoms with E-state index in [4.69, 9.17) is 5.73 Å². The maximum atomic E-state index is 5.83. The lowest BCUT2D eigenvalue weighted by atomic mass is 10.2. The third-order valence-corrected chi connectivity index (χ3v) is 3.59. The van der Waals surface area contributed by atoms with Crippen molar-refractivity contribution in [3.05, 3.63) is 47.4 Å². The van der Waals surface area contributed by atoms with Crippen LogP contribution in [0.4, 0.5) is 5.82 Å². The van der Waals surface area contributed by atoms with Crippen molar-refractivity contribution in [2.75, 3.05) is 5.73 Å². The fourth-order valence-electron chi connectivity index (χ4n) is 1.44. The molecule has 0 fully saturated rings. The van der Waals surface area contributed by atoms with Gasteiger partial charge in [-0.3, -0.25) is 0 Å². The van der Waals surface area contributed by atoms with Gasteiger partial charge in [0.25, 0.3) is 0 Å². The zero-order valence-electron chi connectivity index (χ0n) is 9.97. The number of nitrogens with two attached hydrogens (primary N) is 1. The molecule has 1 heterocycles. The molecule has 4 heteroatoms. The molecule has 0 radical (unpaired) electrons. The molecule has 1 aromatic heterocycles. The number of thioether (sulfide) groups is 1. The number of nitrogen functional groups attached to an aromatic ring is 1. The van der Waals surface area contributed by atoms with Gasteiger partial charge in [0, 0.05) is 16.2 Å². The van der Waals surface area contributed by atoms with Crippen LogP contribution in [-0.4, -0.2) is 9.97 Å². The van der Waals surface area contributed by atoms with Crippen molar-refractivity contribution in [1.29, 1.82) is 0 Å². The minimum absolute atomic E-state index is 0.584. The Morgan fingerprint density at radius 3 is 2.47 bits per heavy atom. The highest BCUT2D eigenvalue weighted by Crippen LogP contribution is 2.22. The lowest BCUT2D eigenvalue weighted by Gasteiger charge is -2.06. The number of benzene rings is 1. The molecule has 0 saturated heterocycles. The van der Waals surface area contributed by atoms with Crippen LogP contribution in [0.3, 0.4) is 0 Å². The van der Waals surface area contributed by atoms with Gasteiger partial charge in [-0.1, -0.05) is 18.2 Å². The van der Waals surface area contributed by atoms with Crippen molar-refractivity contribution in [2.45, 2.75) is 24.5 Å². The van der Waals surface area contributed by atoms with Crippen LogP contribution in [0.1, 0.15) is 17.1 Å². The van der Waals surface area contributed by atoms with E-state index in [2.05, 4.69) is 22.1 Å². The minimum atomic E-state index is 0.584. The van der Waals surface area contributed by atoms with Crippen LogP contribution in [0.25, 0.3) is 0 Å². The first-order chi connectivity index (χ1) is 8.16. The Morgan fingerprint density at radius 1 is 1.12 bits per heavy atom. The third-order valence-electron chi connectivity index (χ3n) is 2.58. The molecule has 0 amide bonds. The van der Waals surface area contributed by atoms with E-state index in [1.54, 1.807) is 11.8 Å². The number of aryl methyl sites for hydroxylation is 1. The number of nitrogens with zero attached hydrogens (tertiary/aromatic N) is 2. The highest BCUT2D eigenvalue weighted by atomic mass is 32.2. The van der Waals surface area contributed by atoms with Crippen LogP contribution in [0.15, 0.2) is 35.2 Å². The van der Waals surface area contributed by atoms with E-state index in [-0.39, 0.29) is 0 Å². The van der Waals surface area contributed by atoms with Crippen LogP contribution < -0.4 is 5.73 Å². The molecule has 0 saturated carbocycles. The van der Waals surface area contributed by atoms with E-state index in [0.29, 0.717) is 5.82 Å². The van der Waals surface area contributed by atoms with Gasteiger partial charge in [0.15, 0.2) is 0 Å². The molecular formula is C13H15N3S. The Kier molecular flexibility index (Phi) is 3.64. The van der Waals surface area contributed by atoms with Gasteiger partial charge in [0.05, 0.1) is 5.75 Å². The summed E-state index contributed by atoms with van der Waals surface area (Å²) in [6.45, 7) is 3.91. The van der Waals surface area contributed by atoms with E-state index < -0.39 is 0 Å². The summed E-state index contributed by atoms with van der Waals surface area (Å²) in [6.07, 6.45) is 0. The number of hydrogen-bond donors (Lipinski definition) is 1. The summed E-state index contributed by atoms with van der Waals surface area (Å²) >= 11 is 1.72. The minimum Gasteiger partial charge on any atom is -0.383 e. The Labute approximate surface area is 105 Å². The standard InChI is InChI=1S/C13H15N3S/c1-9-10(2)15-12(16-13(9)14)8-17-11-6-4-3-5-7-11/h3-7H,8H2,1-2H3,(H2,14,15,16). The summed E-state index contributed by atoms with van der Waals surface area (Å²) in [4.78, 5) is 9.95. The van der Waals surface area contributed by atoms with Gasteiger partial charge in [0.1, 0.15) is 11.6 Å². The Balaban J connectivity index is 2.10. The summed E-state index contributed by atoms with van der Waals surface area (Å²) < 4.78 is 0. The maximum Gasteiger partial charge on any atom is 0.141 e. The Hall–Kier alpha value is -1.55. The van der Waals surface area contributed by atoms with Crippen molar-refractivity contribution < 1.29 is 0 Å². The molecule has 0 spiro atoms. The second-order valence-corrected chi connectivity index (χ2v) is 4.89. The molecule has 17 heavy (non-hydrogen) atoms. The Bertz CT molecular complexity index is 488. The topological polar surface area (TPSA) is 51.8 Å². The van der Waals surface area contributed by atoms with Gasteiger partial charge in [-0.15, -0.1) is 11.8 Å². The summed E-state index contributed by atoms with van der Waals surface area (Å²) in [7, 11) is 0. The second-order valence-electron chi connectivity index (χ2n) is 3.84. The molecule has 0 atom stereocenters. The molecule has 2 rings (SSSR count). The van der Waals surface area contributed by atoms with Gasteiger partial charge >= 0.3 is 0 Å². The Morgan fingerprint density at radius 2 is 1.82 bits per heavy atom. The zero-order chi connectivity index (χ0) is 12.3. The first-order valence-corrected chi connectivity index (χ1v) is 6.43.